The average Bonchev–Trinajstić information content (AvgIpc) is 2.41. The Bertz CT molecular complexity index is 621. The van der Waals surface area contributed by atoms with Crippen LogP contribution in [-0.2, 0) is 12.8 Å². The van der Waals surface area contributed by atoms with Crippen LogP contribution in [0.15, 0.2) is 18.2 Å². The maximum Gasteiger partial charge on any atom is 0.135 e. The van der Waals surface area contributed by atoms with E-state index in [1.807, 2.05) is 20.8 Å². The van der Waals surface area contributed by atoms with Gasteiger partial charge in [0.05, 0.1) is 0 Å². The minimum atomic E-state index is -0.584. The van der Waals surface area contributed by atoms with Gasteiger partial charge in [-0.3, -0.25) is 0 Å². The van der Waals surface area contributed by atoms with Crippen molar-refractivity contribution < 1.29 is 8.78 Å². The summed E-state index contributed by atoms with van der Waals surface area (Å²) in [6.45, 7) is 6.75. The van der Waals surface area contributed by atoms with Gasteiger partial charge in [0, 0.05) is 30.3 Å². The molecule has 0 bridgehead atoms. The molecular weight excluding hydrogens is 272 g/mol. The Morgan fingerprint density at radius 3 is 2.29 bits per heavy atom. The first-order valence-electron chi connectivity index (χ1n) is 7.08. The number of anilines is 1. The summed E-state index contributed by atoms with van der Waals surface area (Å²) < 4.78 is 26.5. The Morgan fingerprint density at radius 1 is 1.05 bits per heavy atom. The Kier molecular flexibility index (Phi) is 4.83. The van der Waals surface area contributed by atoms with Gasteiger partial charge in [0.15, 0.2) is 0 Å². The van der Waals surface area contributed by atoms with Crippen molar-refractivity contribution in [3.05, 3.63) is 52.5 Å². The molecule has 0 atom stereocenters. The van der Waals surface area contributed by atoms with Crippen molar-refractivity contribution in [2.24, 2.45) is 0 Å². The lowest BCUT2D eigenvalue weighted by Gasteiger charge is -2.12. The van der Waals surface area contributed by atoms with Crippen LogP contribution in [0.3, 0.4) is 0 Å². The fraction of sp³-hybridized carbons (Fsp3) is 0.375. The van der Waals surface area contributed by atoms with Gasteiger partial charge in [-0.1, -0.05) is 6.92 Å². The van der Waals surface area contributed by atoms with Crippen molar-refractivity contribution >= 4 is 5.82 Å². The molecule has 0 aliphatic rings. The number of nitrogens with zero attached hydrogens (tertiary/aromatic N) is 2. The van der Waals surface area contributed by atoms with Crippen LogP contribution in [0.4, 0.5) is 14.6 Å². The maximum atomic E-state index is 13.2. The summed E-state index contributed by atoms with van der Waals surface area (Å²) in [4.78, 5) is 8.95. The number of nitrogens with one attached hydrogen (secondary N) is 1. The number of hydrogen-bond donors (Lipinski definition) is 1. The number of aromatic nitrogens is 2. The molecule has 2 rings (SSSR count). The van der Waals surface area contributed by atoms with Crippen LogP contribution in [0, 0.1) is 18.6 Å². The monoisotopic (exact) mass is 291 g/mol. The average molecular weight is 291 g/mol. The Hall–Kier alpha value is -2.04. The second kappa shape index (κ2) is 6.61. The summed E-state index contributed by atoms with van der Waals surface area (Å²) in [5.41, 5.74) is 2.50. The van der Waals surface area contributed by atoms with Gasteiger partial charge in [-0.05, 0) is 38.0 Å². The van der Waals surface area contributed by atoms with Crippen molar-refractivity contribution in [2.45, 2.75) is 33.6 Å². The molecule has 0 aliphatic carbocycles. The highest BCUT2D eigenvalue weighted by Crippen LogP contribution is 2.18. The SMILES string of the molecule is CCNc1nc(Cc2cc(F)cc(F)c2)nc(CC)c1C. The molecule has 0 radical (unpaired) electrons. The second-order valence-electron chi connectivity index (χ2n) is 4.90. The number of halogens is 2. The summed E-state index contributed by atoms with van der Waals surface area (Å²) >= 11 is 0. The summed E-state index contributed by atoms with van der Waals surface area (Å²) in [6.07, 6.45) is 1.09. The smallest absolute Gasteiger partial charge is 0.135 e. The summed E-state index contributed by atoms with van der Waals surface area (Å²) in [6, 6.07) is 3.48. The van der Waals surface area contributed by atoms with Gasteiger partial charge >= 0.3 is 0 Å². The van der Waals surface area contributed by atoms with Crippen LogP contribution >= 0.6 is 0 Å². The van der Waals surface area contributed by atoms with Crippen molar-refractivity contribution in [1.82, 2.24) is 9.97 Å². The minimum Gasteiger partial charge on any atom is -0.370 e. The van der Waals surface area contributed by atoms with E-state index in [0.29, 0.717) is 17.8 Å². The molecule has 0 saturated heterocycles. The third-order valence-electron chi connectivity index (χ3n) is 3.26. The van der Waals surface area contributed by atoms with Crippen molar-refractivity contribution in [3.8, 4) is 0 Å². The largest absolute Gasteiger partial charge is 0.370 e. The van der Waals surface area contributed by atoms with E-state index in [1.54, 1.807) is 0 Å². The van der Waals surface area contributed by atoms with E-state index in [4.69, 9.17) is 0 Å². The topological polar surface area (TPSA) is 37.8 Å². The zero-order valence-electron chi connectivity index (χ0n) is 12.5. The molecule has 0 amide bonds. The summed E-state index contributed by atoms with van der Waals surface area (Å²) in [5, 5.41) is 3.20. The molecule has 3 nitrogen and oxygen atoms in total. The van der Waals surface area contributed by atoms with Gasteiger partial charge in [-0.25, -0.2) is 18.7 Å². The molecule has 1 heterocycles. The molecule has 1 aromatic carbocycles. The molecular formula is C16H19F2N3. The number of hydrogen-bond acceptors (Lipinski definition) is 3. The zero-order chi connectivity index (χ0) is 15.4. The first-order chi connectivity index (χ1) is 10.0. The van der Waals surface area contributed by atoms with Gasteiger partial charge in [0.25, 0.3) is 0 Å². The van der Waals surface area contributed by atoms with Crippen LogP contribution in [0.1, 0.15) is 36.5 Å². The Balaban J connectivity index is 2.36. The van der Waals surface area contributed by atoms with Gasteiger partial charge in [-0.15, -0.1) is 0 Å². The lowest BCUT2D eigenvalue weighted by molar-refractivity contribution is 0.580. The molecule has 1 aromatic heterocycles. The summed E-state index contributed by atoms with van der Waals surface area (Å²) in [7, 11) is 0. The first-order valence-corrected chi connectivity index (χ1v) is 7.08. The molecule has 0 unspecified atom stereocenters. The second-order valence-corrected chi connectivity index (χ2v) is 4.90. The lowest BCUT2D eigenvalue weighted by Crippen LogP contribution is -2.10. The van der Waals surface area contributed by atoms with Crippen LogP contribution in [-0.4, -0.2) is 16.5 Å². The number of benzene rings is 1. The Labute approximate surface area is 123 Å². The predicted molar refractivity (Wildman–Crippen MR) is 79.5 cm³/mol. The maximum absolute atomic E-state index is 13.2. The third kappa shape index (κ3) is 3.74. The van der Waals surface area contributed by atoms with Crippen molar-refractivity contribution in [1.29, 1.82) is 0 Å². The molecule has 0 spiro atoms. The van der Waals surface area contributed by atoms with Crippen LogP contribution in [0.25, 0.3) is 0 Å². The van der Waals surface area contributed by atoms with Crippen molar-refractivity contribution in [3.63, 3.8) is 0 Å². The molecule has 0 aliphatic heterocycles. The molecule has 0 saturated carbocycles. The van der Waals surface area contributed by atoms with Gasteiger partial charge < -0.3 is 5.32 Å². The highest BCUT2D eigenvalue weighted by atomic mass is 19.1. The summed E-state index contributed by atoms with van der Waals surface area (Å²) in [5.74, 6) is 0.189. The Morgan fingerprint density at radius 2 is 1.71 bits per heavy atom. The minimum absolute atomic E-state index is 0.306. The van der Waals surface area contributed by atoms with Crippen LogP contribution in [0.2, 0.25) is 0 Å². The van der Waals surface area contributed by atoms with Crippen LogP contribution in [0.5, 0.6) is 0 Å². The van der Waals surface area contributed by atoms with E-state index in [-0.39, 0.29) is 0 Å². The molecule has 112 valence electrons. The highest BCUT2D eigenvalue weighted by Gasteiger charge is 2.10. The van der Waals surface area contributed by atoms with Gasteiger partial charge in [0.1, 0.15) is 23.3 Å². The van der Waals surface area contributed by atoms with E-state index in [1.165, 1.54) is 12.1 Å². The zero-order valence-corrected chi connectivity index (χ0v) is 12.5. The molecule has 2 aromatic rings. The van der Waals surface area contributed by atoms with E-state index in [9.17, 15) is 8.78 Å². The molecule has 21 heavy (non-hydrogen) atoms. The standard InChI is InChI=1S/C16H19F2N3/c1-4-14-10(3)16(19-5-2)21-15(20-14)8-11-6-12(17)9-13(18)7-11/h6-7,9H,4-5,8H2,1-3H3,(H,19,20,21). The molecule has 0 fully saturated rings. The van der Waals surface area contributed by atoms with Crippen molar-refractivity contribution in [2.75, 3.05) is 11.9 Å². The fourth-order valence-corrected chi connectivity index (χ4v) is 2.27. The van der Waals surface area contributed by atoms with Gasteiger partial charge in [0.2, 0.25) is 0 Å². The van der Waals surface area contributed by atoms with E-state index < -0.39 is 11.6 Å². The van der Waals surface area contributed by atoms with E-state index in [2.05, 4.69) is 15.3 Å². The van der Waals surface area contributed by atoms with Crippen LogP contribution < -0.4 is 5.32 Å². The first kappa shape index (κ1) is 15.4. The quantitative estimate of drug-likeness (QED) is 0.913. The third-order valence-corrected chi connectivity index (χ3v) is 3.26. The van der Waals surface area contributed by atoms with Gasteiger partial charge in [-0.2, -0.15) is 0 Å². The fourth-order valence-electron chi connectivity index (χ4n) is 2.27. The highest BCUT2D eigenvalue weighted by molar-refractivity contribution is 5.46. The van der Waals surface area contributed by atoms with E-state index in [0.717, 1.165) is 36.1 Å². The molecule has 5 heteroatoms. The predicted octanol–water partition coefficient (Wildman–Crippen LogP) is 3.65. The lowest BCUT2D eigenvalue weighted by atomic mass is 10.1. The number of aryl methyl sites for hydroxylation is 1. The number of rotatable bonds is 5. The normalized spacial score (nSPS) is 10.7. The molecule has 1 N–H and O–H groups in total. The van der Waals surface area contributed by atoms with E-state index >= 15 is 0 Å².